The molecular formula is C66H64F3N17. The average Bonchev–Trinajstić information content (AvgIpc) is 4.21. The molecule has 0 amide bonds. The molecule has 3 aliphatic rings. The molecule has 0 aliphatic carbocycles. The lowest BCUT2D eigenvalue weighted by molar-refractivity contribution is 0.451. The van der Waals surface area contributed by atoms with Crippen LogP contribution in [0.1, 0.15) is 108 Å². The summed E-state index contributed by atoms with van der Waals surface area (Å²) >= 11 is 0. The van der Waals surface area contributed by atoms with Gasteiger partial charge >= 0.3 is 0 Å². The van der Waals surface area contributed by atoms with Crippen LogP contribution in [-0.2, 0) is 13.5 Å². The Kier molecular flexibility index (Phi) is 15.4. The zero-order chi connectivity index (χ0) is 59.2. The third-order valence-corrected chi connectivity index (χ3v) is 17.0. The third-order valence-electron chi connectivity index (χ3n) is 17.0. The molecule has 0 bridgehead atoms. The number of nitrogens with one attached hydrogen (secondary N) is 3. The van der Waals surface area contributed by atoms with Gasteiger partial charge in [-0.05, 0) is 217 Å². The van der Waals surface area contributed by atoms with Crippen molar-refractivity contribution in [1.82, 2.24) is 80.3 Å². The van der Waals surface area contributed by atoms with Gasteiger partial charge in [-0.15, -0.1) is 0 Å². The zero-order valence-corrected chi connectivity index (χ0v) is 48.6. The van der Waals surface area contributed by atoms with Gasteiger partial charge in [-0.1, -0.05) is 6.92 Å². The molecule has 3 saturated heterocycles. The number of benzene rings is 4. The Labute approximate surface area is 494 Å². The Balaban J connectivity index is 0.000000120. The highest BCUT2D eigenvalue weighted by Crippen LogP contribution is 2.35. The van der Waals surface area contributed by atoms with E-state index in [2.05, 4.69) is 79.7 Å². The zero-order valence-electron chi connectivity index (χ0n) is 48.6. The number of rotatable bonds is 7. The molecule has 4 aromatic carbocycles. The summed E-state index contributed by atoms with van der Waals surface area (Å²) in [4.78, 5) is 9.07. The van der Waals surface area contributed by atoms with Crippen molar-refractivity contribution in [1.29, 1.82) is 5.26 Å². The van der Waals surface area contributed by atoms with E-state index in [1.807, 2.05) is 112 Å². The average molecular weight is 1150 g/mol. The topological polar surface area (TPSA) is 203 Å². The van der Waals surface area contributed by atoms with Gasteiger partial charge in [-0.2, -0.15) is 46.1 Å². The fourth-order valence-corrected chi connectivity index (χ4v) is 12.4. The van der Waals surface area contributed by atoms with Crippen LogP contribution in [0, 0.1) is 49.6 Å². The number of hydrogen-bond acceptors (Lipinski definition) is 14. The van der Waals surface area contributed by atoms with Gasteiger partial charge in [0.2, 0.25) is 0 Å². The molecule has 0 unspecified atom stereocenters. The minimum Gasteiger partial charge on any atom is -0.317 e. The number of aromatic nitrogens is 13. The van der Waals surface area contributed by atoms with E-state index in [1.165, 1.54) is 6.07 Å². The van der Waals surface area contributed by atoms with Crippen molar-refractivity contribution in [2.24, 2.45) is 7.05 Å². The van der Waals surface area contributed by atoms with Crippen molar-refractivity contribution in [3.63, 3.8) is 0 Å². The smallest absolute Gasteiger partial charge is 0.156 e. The molecule has 434 valence electrons. The number of nitriles is 1. The highest BCUT2D eigenvalue weighted by molar-refractivity contribution is 5.92. The van der Waals surface area contributed by atoms with Crippen LogP contribution < -0.4 is 16.0 Å². The van der Waals surface area contributed by atoms with Crippen LogP contribution in [0.2, 0.25) is 0 Å². The summed E-state index contributed by atoms with van der Waals surface area (Å²) in [5.74, 6) is 0.145. The van der Waals surface area contributed by atoms with Crippen molar-refractivity contribution in [3.8, 4) is 39.6 Å². The number of imidazole rings is 2. The van der Waals surface area contributed by atoms with Crippen molar-refractivity contribution in [2.75, 3.05) is 39.3 Å². The SMILES string of the molecule is CCc1cc(-c2cc(F)c3cc(C4CCNCC4)nnc3c2)nn2cc(C)nc12.Cc1cn2cc(-c3cc(F)c4cc(C5CCNCC5)nnc4c3)cc(C)c2n1.Cn1cc2cc(-c3cc(F)c4cc(C5CCNCC5)nnc4c3)cc(C#N)c2n1. The minimum atomic E-state index is -0.327. The molecule has 86 heavy (non-hydrogen) atoms. The van der Waals surface area contributed by atoms with Crippen molar-refractivity contribution < 1.29 is 13.2 Å². The molecule has 20 heteroatoms. The van der Waals surface area contributed by atoms with Crippen molar-refractivity contribution in [2.45, 2.75) is 90.4 Å². The van der Waals surface area contributed by atoms with Crippen LogP contribution in [-0.4, -0.2) is 104 Å². The lowest BCUT2D eigenvalue weighted by Gasteiger charge is -2.21. The predicted octanol–water partition coefficient (Wildman–Crippen LogP) is 11.6. The number of pyridine rings is 1. The summed E-state index contributed by atoms with van der Waals surface area (Å²) < 4.78 is 50.5. The second kappa shape index (κ2) is 23.7. The summed E-state index contributed by atoms with van der Waals surface area (Å²) in [5.41, 5.74) is 15.7. The molecule has 3 fully saturated rings. The lowest BCUT2D eigenvalue weighted by Crippen LogP contribution is -2.27. The van der Waals surface area contributed by atoms with Gasteiger partial charge in [0.15, 0.2) is 5.65 Å². The first-order chi connectivity index (χ1) is 41.8. The maximum absolute atomic E-state index is 15.1. The third kappa shape index (κ3) is 11.3. The molecule has 17 nitrogen and oxygen atoms in total. The van der Waals surface area contributed by atoms with Gasteiger partial charge < -0.3 is 20.4 Å². The van der Waals surface area contributed by atoms with Gasteiger partial charge in [-0.3, -0.25) is 4.68 Å². The first-order valence-corrected chi connectivity index (χ1v) is 29.6. The van der Waals surface area contributed by atoms with Gasteiger partial charge in [0.05, 0.1) is 62.5 Å². The number of nitrogens with zero attached hydrogens (tertiary/aromatic N) is 14. The second-order valence-corrected chi connectivity index (χ2v) is 23.0. The molecule has 15 rings (SSSR count). The molecule has 0 spiro atoms. The van der Waals surface area contributed by atoms with Crippen molar-refractivity contribution >= 4 is 54.9 Å². The number of hydrogen-bond donors (Lipinski definition) is 3. The van der Waals surface area contributed by atoms with Crippen molar-refractivity contribution in [3.05, 3.63) is 166 Å². The Bertz CT molecular complexity index is 4600. The summed E-state index contributed by atoms with van der Waals surface area (Å²) in [6, 6.07) is 25.7. The molecule has 0 radical (unpaired) electrons. The Hall–Kier alpha value is -9.16. The fraction of sp³-hybridized carbons (Fsp3) is 0.318. The molecule has 12 aromatic rings. The van der Waals surface area contributed by atoms with E-state index in [4.69, 9.17) is 0 Å². The van der Waals surface area contributed by atoms with Gasteiger partial charge in [-0.25, -0.2) is 27.7 Å². The van der Waals surface area contributed by atoms with E-state index in [1.54, 1.807) is 27.4 Å². The highest BCUT2D eigenvalue weighted by Gasteiger charge is 2.23. The molecule has 0 saturated carbocycles. The minimum absolute atomic E-state index is 0.253. The van der Waals surface area contributed by atoms with Gasteiger partial charge in [0.1, 0.15) is 34.7 Å². The summed E-state index contributed by atoms with van der Waals surface area (Å²) in [6.07, 6.45) is 14.6. The van der Waals surface area contributed by atoms with E-state index in [0.717, 1.165) is 157 Å². The van der Waals surface area contributed by atoms with Crippen LogP contribution >= 0.6 is 0 Å². The summed E-state index contributed by atoms with van der Waals surface area (Å²) in [7, 11) is 1.81. The molecule has 8 aromatic heterocycles. The monoisotopic (exact) mass is 1150 g/mol. The van der Waals surface area contributed by atoms with E-state index >= 15 is 8.78 Å². The molecule has 11 heterocycles. The molecule has 3 aliphatic heterocycles. The Morgan fingerprint density at radius 1 is 0.512 bits per heavy atom. The van der Waals surface area contributed by atoms with E-state index in [0.29, 0.717) is 78.4 Å². The highest BCUT2D eigenvalue weighted by atomic mass is 19.1. The summed E-state index contributed by atoms with van der Waals surface area (Å²) in [6.45, 7) is 13.8. The molecular weight excluding hydrogens is 1090 g/mol. The second-order valence-electron chi connectivity index (χ2n) is 23.0. The van der Waals surface area contributed by atoms with Crippen LogP contribution in [0.25, 0.3) is 88.4 Å². The number of piperidine rings is 3. The van der Waals surface area contributed by atoms with Crippen LogP contribution in [0.4, 0.5) is 13.2 Å². The first kappa shape index (κ1) is 56.0. The standard InChI is InChI=1S/C22H19FN6.C22H23FN6.C22H22FN5/c1-29-12-17-7-14(6-16(11-24)22(17)28-29)15-8-19(23)18-10-20(26-27-21(18)9-15)13-2-4-25-5-3-13;1-3-14-9-20(28-29-12-13(2)25-22(14)29)16-8-18(23)17-11-19(26-27-21(17)10-16)15-4-6-24-7-5-15;1-13-7-17(12-28-11-14(2)25-22(13)28)16-8-19(23)18-10-20(26-27-21(18)9-16)15-3-5-24-6-4-15/h6-10,12-13,25H,2-5H2,1H3;8-12,15,24H,3-7H2,1-2H3;7-12,15,24H,3-6H2,1-2H3. The van der Waals surface area contributed by atoms with Crippen LogP contribution in [0.15, 0.2) is 104 Å². The van der Waals surface area contributed by atoms with E-state index in [-0.39, 0.29) is 17.5 Å². The maximum Gasteiger partial charge on any atom is 0.156 e. The Morgan fingerprint density at radius 3 is 1.51 bits per heavy atom. The normalized spacial score (nSPS) is 15.3. The lowest BCUT2D eigenvalue weighted by atomic mass is 9.93. The largest absolute Gasteiger partial charge is 0.317 e. The summed E-state index contributed by atoms with van der Waals surface area (Å²) in [5, 5.41) is 57.1. The molecule has 0 atom stereocenters. The first-order valence-electron chi connectivity index (χ1n) is 29.6. The number of halogens is 3. The van der Waals surface area contributed by atoms with E-state index in [9.17, 15) is 9.65 Å². The van der Waals surface area contributed by atoms with Crippen LogP contribution in [0.3, 0.4) is 0 Å². The van der Waals surface area contributed by atoms with Crippen LogP contribution in [0.5, 0.6) is 0 Å². The van der Waals surface area contributed by atoms with E-state index < -0.39 is 0 Å². The van der Waals surface area contributed by atoms with Gasteiger partial charge in [0, 0.05) is 70.5 Å². The fourth-order valence-electron chi connectivity index (χ4n) is 12.4. The predicted molar refractivity (Wildman–Crippen MR) is 327 cm³/mol. The molecule has 3 N–H and O–H groups in total. The quantitative estimate of drug-likeness (QED) is 0.136. The number of aryl methyl sites for hydroxylation is 5. The number of fused-ring (bicyclic) bond motifs is 6. The maximum atomic E-state index is 15.1. The van der Waals surface area contributed by atoms with Gasteiger partial charge in [0.25, 0.3) is 0 Å². The Morgan fingerprint density at radius 2 is 0.988 bits per heavy atom.